The van der Waals surface area contributed by atoms with Crippen LogP contribution in [-0.4, -0.2) is 24.4 Å². The molecule has 2 heteroatoms. The van der Waals surface area contributed by atoms with Crippen LogP contribution in [0.2, 0.25) is 0 Å². The van der Waals surface area contributed by atoms with Crippen LogP contribution >= 0.6 is 0 Å². The molecule has 0 aliphatic rings. The van der Waals surface area contributed by atoms with E-state index in [1.807, 2.05) is 0 Å². The standard InChI is InChI=1S/C18H15S.Sb/c1-4-10-16(11-5-1)19(17-12-6-2-7-13-17)18-14-8-3-9-15-18;/h1-15H;/q+1;. The van der Waals surface area contributed by atoms with E-state index in [4.69, 9.17) is 0 Å². The van der Waals surface area contributed by atoms with Crippen LogP contribution in [-0.2, 0) is 10.9 Å². The van der Waals surface area contributed by atoms with Crippen molar-refractivity contribution >= 4 is 35.3 Å². The Morgan fingerprint density at radius 2 is 0.650 bits per heavy atom. The van der Waals surface area contributed by atoms with Crippen molar-refractivity contribution in [2.75, 3.05) is 0 Å². The van der Waals surface area contributed by atoms with Crippen LogP contribution in [0, 0.1) is 0 Å². The van der Waals surface area contributed by atoms with Gasteiger partial charge in [-0.05, 0) is 36.4 Å². The molecule has 0 heterocycles. The SMILES string of the molecule is [Sb].c1ccc([S+](c2ccccc2)c2ccccc2)cc1. The predicted molar refractivity (Wildman–Crippen MR) is 87.2 cm³/mol. The van der Waals surface area contributed by atoms with Crippen molar-refractivity contribution < 1.29 is 0 Å². The summed E-state index contributed by atoms with van der Waals surface area (Å²) in [6.07, 6.45) is 0. The van der Waals surface area contributed by atoms with E-state index in [2.05, 4.69) is 91.0 Å². The van der Waals surface area contributed by atoms with Crippen LogP contribution in [0.1, 0.15) is 0 Å². The molecule has 0 aliphatic carbocycles. The maximum absolute atomic E-state index is 2.21. The van der Waals surface area contributed by atoms with Gasteiger partial charge in [0.05, 0.1) is 10.9 Å². The zero-order valence-electron chi connectivity index (χ0n) is 11.0. The van der Waals surface area contributed by atoms with Gasteiger partial charge in [-0.25, -0.2) is 0 Å². The number of benzene rings is 3. The monoisotopic (exact) mass is 384 g/mol. The van der Waals surface area contributed by atoms with Gasteiger partial charge in [0.15, 0.2) is 14.7 Å². The summed E-state index contributed by atoms with van der Waals surface area (Å²) in [4.78, 5) is 4.08. The van der Waals surface area contributed by atoms with Crippen molar-refractivity contribution in [2.24, 2.45) is 0 Å². The van der Waals surface area contributed by atoms with Crippen LogP contribution in [0.4, 0.5) is 0 Å². The van der Waals surface area contributed by atoms with Gasteiger partial charge in [0.25, 0.3) is 0 Å². The topological polar surface area (TPSA) is 0 Å². The third-order valence-corrected chi connectivity index (χ3v) is 5.17. The number of rotatable bonds is 3. The van der Waals surface area contributed by atoms with Crippen LogP contribution in [0.25, 0.3) is 0 Å². The second-order valence-corrected chi connectivity index (χ2v) is 6.27. The molecule has 0 aliphatic heterocycles. The first-order chi connectivity index (χ1) is 9.45. The molecule has 0 unspecified atom stereocenters. The molecule has 0 nitrogen and oxygen atoms in total. The molecule has 0 fully saturated rings. The van der Waals surface area contributed by atoms with Crippen LogP contribution < -0.4 is 0 Å². The normalized spacial score (nSPS) is 10.1. The summed E-state index contributed by atoms with van der Waals surface area (Å²) in [6.45, 7) is 0. The first kappa shape index (κ1) is 15.2. The summed E-state index contributed by atoms with van der Waals surface area (Å²) in [5, 5.41) is 0. The summed E-state index contributed by atoms with van der Waals surface area (Å²) < 4.78 is 0. The maximum atomic E-state index is 2.21. The fraction of sp³-hybridized carbons (Fsp3) is 0. The van der Waals surface area contributed by atoms with Crippen molar-refractivity contribution in [1.29, 1.82) is 0 Å². The third-order valence-electron chi connectivity index (χ3n) is 2.94. The molecule has 0 amide bonds. The van der Waals surface area contributed by atoms with Gasteiger partial charge in [-0.15, -0.1) is 0 Å². The van der Waals surface area contributed by atoms with Crippen molar-refractivity contribution in [3.63, 3.8) is 0 Å². The van der Waals surface area contributed by atoms with Gasteiger partial charge in [-0.2, -0.15) is 0 Å². The molecule has 0 spiro atoms. The van der Waals surface area contributed by atoms with Gasteiger partial charge in [0.2, 0.25) is 0 Å². The second kappa shape index (κ2) is 7.57. The van der Waals surface area contributed by atoms with Gasteiger partial charge in [0.1, 0.15) is 0 Å². The van der Waals surface area contributed by atoms with Crippen molar-refractivity contribution in [2.45, 2.75) is 14.7 Å². The quantitative estimate of drug-likeness (QED) is 0.463. The third kappa shape index (κ3) is 3.48. The van der Waals surface area contributed by atoms with Gasteiger partial charge in [-0.3, -0.25) is 0 Å². The number of hydrogen-bond donors (Lipinski definition) is 0. The van der Waals surface area contributed by atoms with E-state index in [1.54, 1.807) is 0 Å². The van der Waals surface area contributed by atoms with E-state index in [9.17, 15) is 0 Å². The van der Waals surface area contributed by atoms with Crippen molar-refractivity contribution in [1.82, 2.24) is 0 Å². The Balaban J connectivity index is 0.00000147. The van der Waals surface area contributed by atoms with E-state index in [0.29, 0.717) is 0 Å². The second-order valence-electron chi connectivity index (χ2n) is 4.25. The summed E-state index contributed by atoms with van der Waals surface area (Å²) >= 11 is 0. The molecule has 97 valence electrons. The zero-order chi connectivity index (χ0) is 12.9. The predicted octanol–water partition coefficient (Wildman–Crippen LogP) is 4.40. The minimum Gasteiger partial charge on any atom is -0.0619 e. The van der Waals surface area contributed by atoms with Crippen LogP contribution in [0.3, 0.4) is 0 Å². The van der Waals surface area contributed by atoms with Crippen molar-refractivity contribution in [3.05, 3.63) is 91.0 Å². The number of hydrogen-bond acceptors (Lipinski definition) is 0. The van der Waals surface area contributed by atoms with Gasteiger partial charge >= 0.3 is 0 Å². The van der Waals surface area contributed by atoms with Gasteiger partial charge < -0.3 is 0 Å². The van der Waals surface area contributed by atoms with Gasteiger partial charge in [-0.1, -0.05) is 54.6 Å². The fourth-order valence-electron chi connectivity index (χ4n) is 2.08. The summed E-state index contributed by atoms with van der Waals surface area (Å²) in [5.74, 6) is 0. The van der Waals surface area contributed by atoms with E-state index in [-0.39, 0.29) is 35.3 Å². The average molecular weight is 385 g/mol. The molecule has 3 aromatic rings. The maximum Gasteiger partial charge on any atom is 0.166 e. The van der Waals surface area contributed by atoms with Crippen LogP contribution in [0.5, 0.6) is 0 Å². The largest absolute Gasteiger partial charge is 0.166 e. The average Bonchev–Trinajstić information content (AvgIpc) is 2.51. The summed E-state index contributed by atoms with van der Waals surface area (Å²) in [5.41, 5.74) is 0. The fourth-order valence-corrected chi connectivity index (χ4v) is 4.18. The zero-order valence-corrected chi connectivity index (χ0v) is 14.4. The molecule has 0 aromatic heterocycles. The Morgan fingerprint density at radius 1 is 0.400 bits per heavy atom. The van der Waals surface area contributed by atoms with E-state index < -0.39 is 0 Å². The molecule has 0 saturated carbocycles. The Labute approximate surface area is 140 Å². The molecule has 0 N–H and O–H groups in total. The molecule has 0 bridgehead atoms. The molecule has 0 atom stereocenters. The van der Waals surface area contributed by atoms with Crippen LogP contribution in [0.15, 0.2) is 106 Å². The van der Waals surface area contributed by atoms with E-state index >= 15 is 0 Å². The molecule has 3 rings (SSSR count). The van der Waals surface area contributed by atoms with Crippen molar-refractivity contribution in [3.8, 4) is 0 Å². The smallest absolute Gasteiger partial charge is 0.0619 e. The molecular formula is C18H15SSb+. The molecular weight excluding hydrogens is 370 g/mol. The molecule has 0 saturated heterocycles. The Morgan fingerprint density at radius 3 is 0.900 bits per heavy atom. The summed E-state index contributed by atoms with van der Waals surface area (Å²) in [6, 6.07) is 32.2. The molecule has 3 radical (unpaired) electrons. The first-order valence-electron chi connectivity index (χ1n) is 6.34. The molecule has 3 aromatic carbocycles. The Bertz CT molecular complexity index is 529. The summed E-state index contributed by atoms with van der Waals surface area (Å²) in [7, 11) is -0.0146. The Hall–Kier alpha value is -1.17. The van der Waals surface area contributed by atoms with Gasteiger partial charge in [0, 0.05) is 24.4 Å². The molecule has 20 heavy (non-hydrogen) atoms. The van der Waals surface area contributed by atoms with E-state index in [1.165, 1.54) is 14.7 Å². The minimum atomic E-state index is -0.0146. The Kier molecular flexibility index (Phi) is 5.76. The van der Waals surface area contributed by atoms with E-state index in [0.717, 1.165) is 0 Å². The first-order valence-corrected chi connectivity index (χ1v) is 7.57. The minimum absolute atomic E-state index is 0.